The Bertz CT molecular complexity index is 737. The molecule has 0 aliphatic heterocycles. The maximum atomic E-state index is 6.20. The second-order valence-electron chi connectivity index (χ2n) is 4.82. The molecule has 0 radical (unpaired) electrons. The Morgan fingerprint density at radius 2 is 1.67 bits per heavy atom. The Balaban J connectivity index is 1.83. The number of rotatable bonds is 3. The average Bonchev–Trinajstić information content (AvgIpc) is 2.53. The second-order valence-corrected chi connectivity index (χ2v) is 5.67. The maximum absolute atomic E-state index is 6.20. The van der Waals surface area contributed by atoms with Gasteiger partial charge in [-0.3, -0.25) is 4.98 Å². The molecule has 1 heterocycles. The molecule has 0 saturated carbocycles. The number of pyridine rings is 1. The van der Waals surface area contributed by atoms with Crippen LogP contribution in [0.25, 0.3) is 11.3 Å². The molecule has 21 heavy (non-hydrogen) atoms. The van der Waals surface area contributed by atoms with Gasteiger partial charge in [0.25, 0.3) is 0 Å². The molecular weight excluding hydrogens is 301 g/mol. The van der Waals surface area contributed by atoms with Gasteiger partial charge in [-0.15, -0.1) is 0 Å². The van der Waals surface area contributed by atoms with Gasteiger partial charge in [0.2, 0.25) is 0 Å². The molecular formula is C18H13Cl2N. The fourth-order valence-corrected chi connectivity index (χ4v) is 2.60. The third kappa shape index (κ3) is 3.44. The van der Waals surface area contributed by atoms with Crippen molar-refractivity contribution in [1.82, 2.24) is 4.98 Å². The van der Waals surface area contributed by atoms with Crippen LogP contribution in [0.4, 0.5) is 0 Å². The van der Waals surface area contributed by atoms with E-state index < -0.39 is 0 Å². The number of halogens is 2. The molecule has 0 aliphatic carbocycles. The molecule has 0 unspecified atom stereocenters. The Labute approximate surface area is 134 Å². The lowest BCUT2D eigenvalue weighted by Crippen LogP contribution is -1.90. The molecule has 0 N–H and O–H groups in total. The zero-order valence-corrected chi connectivity index (χ0v) is 12.8. The van der Waals surface area contributed by atoms with Crippen molar-refractivity contribution in [2.45, 2.75) is 6.42 Å². The van der Waals surface area contributed by atoms with E-state index in [1.807, 2.05) is 30.3 Å². The van der Waals surface area contributed by atoms with Crippen LogP contribution in [0.5, 0.6) is 0 Å². The van der Waals surface area contributed by atoms with E-state index in [4.69, 9.17) is 23.2 Å². The van der Waals surface area contributed by atoms with Crippen LogP contribution in [-0.2, 0) is 6.42 Å². The zero-order chi connectivity index (χ0) is 14.7. The largest absolute Gasteiger partial charge is 0.256 e. The van der Waals surface area contributed by atoms with Crippen LogP contribution in [0.3, 0.4) is 0 Å². The SMILES string of the molecule is Clc1ccc(Cl)c(Cc2ccc(-c3ccccn3)cc2)c1. The molecule has 0 fully saturated rings. The topological polar surface area (TPSA) is 12.9 Å². The van der Waals surface area contributed by atoms with Gasteiger partial charge in [0.05, 0.1) is 5.69 Å². The molecule has 1 nitrogen and oxygen atoms in total. The van der Waals surface area contributed by atoms with Crippen LogP contribution in [0.1, 0.15) is 11.1 Å². The summed E-state index contributed by atoms with van der Waals surface area (Å²) in [4.78, 5) is 4.35. The first kappa shape index (κ1) is 14.1. The summed E-state index contributed by atoms with van der Waals surface area (Å²) in [6.07, 6.45) is 2.57. The summed E-state index contributed by atoms with van der Waals surface area (Å²) in [5.74, 6) is 0. The van der Waals surface area contributed by atoms with Gasteiger partial charge in [-0.1, -0.05) is 53.5 Å². The third-order valence-corrected chi connectivity index (χ3v) is 3.92. The minimum atomic E-state index is 0.708. The molecule has 3 heteroatoms. The first-order chi connectivity index (χ1) is 10.2. The summed E-state index contributed by atoms with van der Waals surface area (Å²) in [6, 6.07) is 19.8. The monoisotopic (exact) mass is 313 g/mol. The standard InChI is InChI=1S/C18H13Cl2N/c19-16-8-9-17(20)15(12-16)11-13-4-6-14(7-5-13)18-3-1-2-10-21-18/h1-10,12H,11H2. The Hall–Kier alpha value is -1.83. The van der Waals surface area contributed by atoms with Crippen molar-refractivity contribution >= 4 is 23.2 Å². The van der Waals surface area contributed by atoms with E-state index in [-0.39, 0.29) is 0 Å². The molecule has 1 aromatic heterocycles. The van der Waals surface area contributed by atoms with Crippen LogP contribution >= 0.6 is 23.2 Å². The van der Waals surface area contributed by atoms with Crippen molar-refractivity contribution < 1.29 is 0 Å². The van der Waals surface area contributed by atoms with Crippen LogP contribution < -0.4 is 0 Å². The highest BCUT2D eigenvalue weighted by Crippen LogP contribution is 2.24. The molecule has 0 spiro atoms. The second kappa shape index (κ2) is 6.30. The zero-order valence-electron chi connectivity index (χ0n) is 11.3. The molecule has 0 atom stereocenters. The fraction of sp³-hybridized carbons (Fsp3) is 0.0556. The van der Waals surface area contributed by atoms with Crippen molar-refractivity contribution in [3.63, 3.8) is 0 Å². The summed E-state index contributed by atoms with van der Waals surface area (Å²) in [6.45, 7) is 0. The summed E-state index contributed by atoms with van der Waals surface area (Å²) < 4.78 is 0. The van der Waals surface area contributed by atoms with Crippen molar-refractivity contribution in [2.75, 3.05) is 0 Å². The summed E-state index contributed by atoms with van der Waals surface area (Å²) >= 11 is 12.2. The van der Waals surface area contributed by atoms with E-state index in [2.05, 4.69) is 29.2 Å². The van der Waals surface area contributed by atoms with Crippen LogP contribution in [0.2, 0.25) is 10.0 Å². The number of aromatic nitrogens is 1. The normalized spacial score (nSPS) is 10.6. The molecule has 0 saturated heterocycles. The quantitative estimate of drug-likeness (QED) is 0.609. The lowest BCUT2D eigenvalue weighted by molar-refractivity contribution is 1.19. The molecule has 3 rings (SSSR count). The van der Waals surface area contributed by atoms with Gasteiger partial charge in [-0.2, -0.15) is 0 Å². The van der Waals surface area contributed by atoms with E-state index in [1.54, 1.807) is 12.3 Å². The number of hydrogen-bond donors (Lipinski definition) is 0. The third-order valence-electron chi connectivity index (χ3n) is 3.32. The summed E-state index contributed by atoms with van der Waals surface area (Å²) in [5, 5.41) is 1.45. The van der Waals surface area contributed by atoms with Gasteiger partial charge >= 0.3 is 0 Å². The average molecular weight is 314 g/mol. The molecule has 104 valence electrons. The van der Waals surface area contributed by atoms with Crippen LogP contribution in [0.15, 0.2) is 66.9 Å². The smallest absolute Gasteiger partial charge is 0.0701 e. The van der Waals surface area contributed by atoms with Crippen molar-refractivity contribution in [2.24, 2.45) is 0 Å². The van der Waals surface area contributed by atoms with Gasteiger partial charge in [-0.25, -0.2) is 0 Å². The predicted molar refractivity (Wildman–Crippen MR) is 88.9 cm³/mol. The van der Waals surface area contributed by atoms with Crippen molar-refractivity contribution in [3.05, 3.63) is 88.0 Å². The van der Waals surface area contributed by atoms with Crippen molar-refractivity contribution in [3.8, 4) is 11.3 Å². The lowest BCUT2D eigenvalue weighted by Gasteiger charge is -2.06. The van der Waals surface area contributed by atoms with Crippen molar-refractivity contribution in [1.29, 1.82) is 0 Å². The first-order valence-corrected chi connectivity index (χ1v) is 7.42. The van der Waals surface area contributed by atoms with E-state index in [0.717, 1.165) is 28.3 Å². The number of benzene rings is 2. The van der Waals surface area contributed by atoms with Gasteiger partial charge in [0, 0.05) is 21.8 Å². The first-order valence-electron chi connectivity index (χ1n) is 6.66. The van der Waals surface area contributed by atoms with Gasteiger partial charge in [-0.05, 0) is 47.9 Å². The van der Waals surface area contributed by atoms with Gasteiger partial charge in [0.1, 0.15) is 0 Å². The Kier molecular flexibility index (Phi) is 4.23. The highest BCUT2D eigenvalue weighted by atomic mass is 35.5. The van der Waals surface area contributed by atoms with Crippen LogP contribution in [-0.4, -0.2) is 4.98 Å². The van der Waals surface area contributed by atoms with Crippen LogP contribution in [0, 0.1) is 0 Å². The van der Waals surface area contributed by atoms with Gasteiger partial charge in [0.15, 0.2) is 0 Å². The molecule has 0 aliphatic rings. The minimum absolute atomic E-state index is 0.708. The minimum Gasteiger partial charge on any atom is -0.256 e. The van der Waals surface area contributed by atoms with Gasteiger partial charge < -0.3 is 0 Å². The van der Waals surface area contributed by atoms with E-state index >= 15 is 0 Å². The molecule has 2 aromatic carbocycles. The Morgan fingerprint density at radius 3 is 2.38 bits per heavy atom. The number of nitrogens with zero attached hydrogens (tertiary/aromatic N) is 1. The molecule has 0 amide bonds. The highest BCUT2D eigenvalue weighted by Gasteiger charge is 2.04. The molecule has 0 bridgehead atoms. The summed E-state index contributed by atoms with van der Waals surface area (Å²) in [7, 11) is 0. The predicted octanol–water partition coefficient (Wildman–Crippen LogP) is 5.65. The maximum Gasteiger partial charge on any atom is 0.0701 e. The number of hydrogen-bond acceptors (Lipinski definition) is 1. The van der Waals surface area contributed by atoms with E-state index in [1.165, 1.54) is 5.56 Å². The molecule has 3 aromatic rings. The van der Waals surface area contributed by atoms with E-state index in [0.29, 0.717) is 5.02 Å². The fourth-order valence-electron chi connectivity index (χ4n) is 2.23. The summed E-state index contributed by atoms with van der Waals surface area (Å²) in [5.41, 5.74) is 4.31. The Morgan fingerprint density at radius 1 is 0.857 bits per heavy atom. The lowest BCUT2D eigenvalue weighted by atomic mass is 10.0. The highest BCUT2D eigenvalue weighted by molar-refractivity contribution is 6.33. The van der Waals surface area contributed by atoms with E-state index in [9.17, 15) is 0 Å².